The van der Waals surface area contributed by atoms with E-state index in [9.17, 15) is 9.90 Å². The lowest BCUT2D eigenvalue weighted by Crippen LogP contribution is -2.18. The Balaban J connectivity index is 3.99. The van der Waals surface area contributed by atoms with Crippen molar-refractivity contribution in [3.8, 4) is 0 Å². The molecule has 0 amide bonds. The summed E-state index contributed by atoms with van der Waals surface area (Å²) in [5.74, 6) is 0.0287. The minimum atomic E-state index is -0.115. The van der Waals surface area contributed by atoms with Gasteiger partial charge in [0.25, 0.3) is 0 Å². The summed E-state index contributed by atoms with van der Waals surface area (Å²) in [4.78, 5) is 12.6. The van der Waals surface area contributed by atoms with Crippen LogP contribution in [0.4, 0.5) is 0 Å². The molecule has 234 valence electrons. The first kappa shape index (κ1) is 38.4. The van der Waals surface area contributed by atoms with Gasteiger partial charge in [-0.05, 0) is 44.9 Å². The molecule has 39 heavy (non-hydrogen) atoms. The Bertz CT molecular complexity index is 478. The average Bonchev–Trinajstić information content (AvgIpc) is 2.93. The van der Waals surface area contributed by atoms with Crippen molar-refractivity contribution in [2.45, 2.75) is 226 Å². The van der Waals surface area contributed by atoms with Crippen molar-refractivity contribution in [1.29, 1.82) is 0 Å². The first-order valence-electron chi connectivity index (χ1n) is 18.0. The molecule has 0 aliphatic heterocycles. The summed E-state index contributed by atoms with van der Waals surface area (Å²) in [5, 5.41) is 10.2. The molecule has 0 bridgehead atoms. The van der Waals surface area contributed by atoms with Crippen molar-refractivity contribution >= 4 is 5.97 Å². The van der Waals surface area contributed by atoms with Crippen LogP contribution in [0.3, 0.4) is 0 Å². The molecule has 0 aliphatic carbocycles. The van der Waals surface area contributed by atoms with E-state index in [2.05, 4.69) is 20.8 Å². The molecule has 0 aromatic carbocycles. The van der Waals surface area contributed by atoms with Crippen molar-refractivity contribution < 1.29 is 14.6 Å². The van der Waals surface area contributed by atoms with E-state index in [4.69, 9.17) is 4.74 Å². The first-order valence-corrected chi connectivity index (χ1v) is 18.0. The third kappa shape index (κ3) is 30.2. The van der Waals surface area contributed by atoms with Crippen LogP contribution in [0, 0.1) is 0 Å². The smallest absolute Gasteiger partial charge is 0.306 e. The molecule has 0 fully saturated rings. The highest BCUT2D eigenvalue weighted by molar-refractivity contribution is 5.69. The Morgan fingerprint density at radius 3 is 1.15 bits per heavy atom. The van der Waals surface area contributed by atoms with E-state index in [0.717, 1.165) is 51.4 Å². The summed E-state index contributed by atoms with van der Waals surface area (Å²) in [6.45, 7) is 6.79. The zero-order valence-electron chi connectivity index (χ0n) is 27.1. The number of aliphatic hydroxyl groups is 1. The largest absolute Gasteiger partial charge is 0.462 e. The second kappa shape index (κ2) is 32.0. The number of carbonyl (C=O) groups excluding carboxylic acids is 1. The highest BCUT2D eigenvalue weighted by Gasteiger charge is 2.14. The number of carbonyl (C=O) groups is 1. The van der Waals surface area contributed by atoms with Crippen LogP contribution in [0.15, 0.2) is 0 Å². The van der Waals surface area contributed by atoms with E-state index in [0.29, 0.717) is 6.42 Å². The monoisotopic (exact) mass is 553 g/mol. The normalized spacial score (nSPS) is 13.0. The lowest BCUT2D eigenvalue weighted by atomic mass is 10.0. The molecule has 1 N–H and O–H groups in total. The predicted octanol–water partition coefficient (Wildman–Crippen LogP) is 12.0. The van der Waals surface area contributed by atoms with Crippen LogP contribution in [-0.4, -0.2) is 23.3 Å². The highest BCUT2D eigenvalue weighted by atomic mass is 16.5. The molecule has 0 aromatic rings. The van der Waals surface area contributed by atoms with Gasteiger partial charge in [-0.1, -0.05) is 162 Å². The maximum atomic E-state index is 12.6. The average molecular weight is 553 g/mol. The summed E-state index contributed by atoms with van der Waals surface area (Å²) < 4.78 is 6.00. The van der Waals surface area contributed by atoms with E-state index in [1.54, 1.807) is 0 Å². The Morgan fingerprint density at radius 2 is 0.769 bits per heavy atom. The number of hydrogen-bond acceptors (Lipinski definition) is 3. The van der Waals surface area contributed by atoms with Crippen molar-refractivity contribution in [1.82, 2.24) is 0 Å². The number of unbranched alkanes of at least 4 members (excludes halogenated alkanes) is 21. The third-order valence-electron chi connectivity index (χ3n) is 8.37. The van der Waals surface area contributed by atoms with Gasteiger partial charge in [-0.15, -0.1) is 0 Å². The van der Waals surface area contributed by atoms with Crippen LogP contribution in [0.5, 0.6) is 0 Å². The molecule has 0 heterocycles. The minimum absolute atomic E-state index is 0.0287. The van der Waals surface area contributed by atoms with Crippen LogP contribution in [0.1, 0.15) is 213 Å². The van der Waals surface area contributed by atoms with Gasteiger partial charge in [0.1, 0.15) is 6.10 Å². The van der Waals surface area contributed by atoms with Crippen molar-refractivity contribution in [3.63, 3.8) is 0 Å². The molecule has 0 spiro atoms. The molecule has 2 atom stereocenters. The van der Waals surface area contributed by atoms with Crippen molar-refractivity contribution in [2.75, 3.05) is 0 Å². The van der Waals surface area contributed by atoms with Crippen molar-refractivity contribution in [3.05, 3.63) is 0 Å². The minimum Gasteiger partial charge on any atom is -0.462 e. The fraction of sp³-hybridized carbons (Fsp3) is 0.972. The van der Waals surface area contributed by atoms with Gasteiger partial charge in [0.05, 0.1) is 6.10 Å². The van der Waals surface area contributed by atoms with Crippen LogP contribution in [-0.2, 0) is 9.53 Å². The fourth-order valence-electron chi connectivity index (χ4n) is 5.65. The predicted molar refractivity (Wildman–Crippen MR) is 171 cm³/mol. The molecule has 0 rings (SSSR count). The van der Waals surface area contributed by atoms with Crippen molar-refractivity contribution in [2.24, 2.45) is 0 Å². The van der Waals surface area contributed by atoms with E-state index in [1.165, 1.54) is 135 Å². The zero-order chi connectivity index (χ0) is 28.7. The Labute approximate surface area is 246 Å². The number of esters is 1. The Hall–Kier alpha value is -0.570. The maximum absolute atomic E-state index is 12.6. The van der Waals surface area contributed by atoms with Gasteiger partial charge in [0.15, 0.2) is 0 Å². The summed E-state index contributed by atoms with van der Waals surface area (Å²) in [5.41, 5.74) is 0. The van der Waals surface area contributed by atoms with Gasteiger partial charge in [-0.2, -0.15) is 0 Å². The number of ether oxygens (including phenoxy) is 1. The molecule has 0 radical (unpaired) electrons. The molecule has 0 saturated heterocycles. The summed E-state index contributed by atoms with van der Waals surface area (Å²) in [7, 11) is 0. The second-order valence-electron chi connectivity index (χ2n) is 12.4. The van der Waals surface area contributed by atoms with E-state index in [1.807, 2.05) is 0 Å². The lowest BCUT2D eigenvalue weighted by molar-refractivity contribution is -0.150. The van der Waals surface area contributed by atoms with Gasteiger partial charge >= 0.3 is 5.97 Å². The number of rotatable bonds is 32. The van der Waals surface area contributed by atoms with E-state index >= 15 is 0 Å². The second-order valence-corrected chi connectivity index (χ2v) is 12.4. The molecular weight excluding hydrogens is 480 g/mol. The molecule has 0 saturated carbocycles. The lowest BCUT2D eigenvalue weighted by Gasteiger charge is -2.18. The summed E-state index contributed by atoms with van der Waals surface area (Å²) in [6.07, 6.45) is 36.3. The molecule has 0 aliphatic rings. The molecule has 2 unspecified atom stereocenters. The quantitative estimate of drug-likeness (QED) is 0.0666. The number of hydrogen-bond donors (Lipinski definition) is 1. The van der Waals surface area contributed by atoms with Gasteiger partial charge in [-0.25, -0.2) is 0 Å². The first-order chi connectivity index (χ1) is 19.1. The van der Waals surface area contributed by atoms with E-state index < -0.39 is 0 Å². The summed E-state index contributed by atoms with van der Waals surface area (Å²) >= 11 is 0. The zero-order valence-corrected chi connectivity index (χ0v) is 27.1. The van der Waals surface area contributed by atoms with Crippen LogP contribution >= 0.6 is 0 Å². The number of aliphatic hydroxyl groups excluding tert-OH is 1. The van der Waals surface area contributed by atoms with Gasteiger partial charge in [-0.3, -0.25) is 4.79 Å². The molecule has 3 nitrogen and oxygen atoms in total. The third-order valence-corrected chi connectivity index (χ3v) is 8.37. The highest BCUT2D eigenvalue weighted by Crippen LogP contribution is 2.19. The molecule has 3 heteroatoms. The molecule has 0 aromatic heterocycles. The topological polar surface area (TPSA) is 46.5 Å². The maximum Gasteiger partial charge on any atom is 0.306 e. The van der Waals surface area contributed by atoms with Gasteiger partial charge in [0.2, 0.25) is 0 Å². The van der Waals surface area contributed by atoms with E-state index in [-0.39, 0.29) is 18.2 Å². The molecular formula is C36H72O3. The van der Waals surface area contributed by atoms with Crippen LogP contribution in [0.2, 0.25) is 0 Å². The Morgan fingerprint density at radius 1 is 0.462 bits per heavy atom. The fourth-order valence-corrected chi connectivity index (χ4v) is 5.65. The Kier molecular flexibility index (Phi) is 31.5. The summed E-state index contributed by atoms with van der Waals surface area (Å²) in [6, 6.07) is 0. The SMILES string of the molecule is CCCCCCCCCCC(CCCCCCCCC)OC(=O)CCCCCCCC(O)CCCCCCC. The van der Waals surface area contributed by atoms with Gasteiger partial charge < -0.3 is 9.84 Å². The van der Waals surface area contributed by atoms with Crippen LogP contribution < -0.4 is 0 Å². The standard InChI is InChI=1S/C36H72O3/c1-4-7-10-13-15-17-22-27-32-35(31-26-21-16-14-11-8-5-2)39-36(38)33-28-23-18-20-25-30-34(37)29-24-19-12-9-6-3/h34-35,37H,4-33H2,1-3H3. The van der Waals surface area contributed by atoms with Gasteiger partial charge in [0, 0.05) is 6.42 Å². The van der Waals surface area contributed by atoms with Crippen LogP contribution in [0.25, 0.3) is 0 Å².